The Morgan fingerprint density at radius 1 is 1.75 bits per heavy atom. The number of nitrogen functional groups attached to an aromatic ring is 1. The molecule has 0 aliphatic carbocycles. The summed E-state index contributed by atoms with van der Waals surface area (Å²) in [6.45, 7) is 3.05. The number of β-amino-alcohol motifs (C(OH)–C–C–N with tert-alkyl or cyclic N) is 1. The zero-order valence-electron chi connectivity index (χ0n) is 9.09. The van der Waals surface area contributed by atoms with Gasteiger partial charge in [-0.1, -0.05) is 6.92 Å². The Bertz CT molecular complexity index is 393. The lowest BCUT2D eigenvalue weighted by molar-refractivity contribution is 0.0246. The van der Waals surface area contributed by atoms with Crippen molar-refractivity contribution in [1.29, 1.82) is 0 Å². The predicted molar refractivity (Wildman–Crippen MR) is 62.2 cm³/mol. The molecule has 2 unspecified atom stereocenters. The first-order valence-corrected chi connectivity index (χ1v) is 6.14. The topological polar surface area (TPSA) is 79.5 Å². The molecule has 0 bridgehead atoms. The fraction of sp³-hybridized carbons (Fsp3) is 0.600. The highest BCUT2D eigenvalue weighted by molar-refractivity contribution is 7.13. The van der Waals surface area contributed by atoms with Crippen molar-refractivity contribution in [3.63, 3.8) is 0 Å². The van der Waals surface area contributed by atoms with E-state index in [0.29, 0.717) is 23.9 Å². The number of nitrogens with two attached hydrogens (primary N) is 1. The fourth-order valence-electron chi connectivity index (χ4n) is 1.78. The summed E-state index contributed by atoms with van der Waals surface area (Å²) in [5, 5.41) is 11.8. The van der Waals surface area contributed by atoms with Crippen molar-refractivity contribution in [2.75, 3.05) is 18.8 Å². The van der Waals surface area contributed by atoms with Gasteiger partial charge in [0.25, 0.3) is 5.91 Å². The number of thiazole rings is 1. The number of hydrogen-bond donors (Lipinski definition) is 2. The number of hydrogen-bond acceptors (Lipinski definition) is 5. The Kier molecular flexibility index (Phi) is 3.11. The van der Waals surface area contributed by atoms with Crippen LogP contribution in [0.2, 0.25) is 0 Å². The Hall–Kier alpha value is -1.14. The van der Waals surface area contributed by atoms with E-state index in [9.17, 15) is 9.90 Å². The van der Waals surface area contributed by atoms with Crippen molar-refractivity contribution < 1.29 is 9.90 Å². The summed E-state index contributed by atoms with van der Waals surface area (Å²) in [5.41, 5.74) is 5.86. The molecule has 1 fully saturated rings. The van der Waals surface area contributed by atoms with E-state index in [4.69, 9.17) is 5.73 Å². The highest BCUT2D eigenvalue weighted by Gasteiger charge is 2.28. The number of amides is 1. The summed E-state index contributed by atoms with van der Waals surface area (Å²) >= 11 is 1.25. The number of aliphatic hydroxyl groups is 1. The van der Waals surface area contributed by atoms with E-state index in [-0.39, 0.29) is 11.8 Å². The number of anilines is 1. The minimum absolute atomic E-state index is 0.140. The van der Waals surface area contributed by atoms with E-state index < -0.39 is 6.10 Å². The SMILES string of the molecule is CC1CCN(C(=O)c2csc(N)n2)CC1O. The van der Waals surface area contributed by atoms with E-state index >= 15 is 0 Å². The number of carbonyl (C=O) groups is 1. The molecule has 2 atom stereocenters. The minimum Gasteiger partial charge on any atom is -0.391 e. The third-order valence-electron chi connectivity index (χ3n) is 2.95. The van der Waals surface area contributed by atoms with Gasteiger partial charge in [0, 0.05) is 18.5 Å². The highest BCUT2D eigenvalue weighted by atomic mass is 32.1. The van der Waals surface area contributed by atoms with Gasteiger partial charge in [0.1, 0.15) is 5.69 Å². The van der Waals surface area contributed by atoms with Crippen LogP contribution in [0.1, 0.15) is 23.8 Å². The molecule has 5 nitrogen and oxygen atoms in total. The van der Waals surface area contributed by atoms with Gasteiger partial charge in [0.2, 0.25) is 0 Å². The molecule has 1 aromatic rings. The van der Waals surface area contributed by atoms with Crippen LogP contribution in [0.5, 0.6) is 0 Å². The number of piperidine rings is 1. The summed E-state index contributed by atoms with van der Waals surface area (Å²) in [5.74, 6) is 0.114. The molecule has 0 aromatic carbocycles. The van der Waals surface area contributed by atoms with Gasteiger partial charge in [-0.25, -0.2) is 4.98 Å². The maximum atomic E-state index is 12.0. The Morgan fingerprint density at radius 3 is 3.06 bits per heavy atom. The molecule has 16 heavy (non-hydrogen) atoms. The van der Waals surface area contributed by atoms with Crippen molar-refractivity contribution in [2.24, 2.45) is 5.92 Å². The average Bonchev–Trinajstić information content (AvgIpc) is 2.68. The van der Waals surface area contributed by atoms with Crippen LogP contribution in [0.15, 0.2) is 5.38 Å². The highest BCUT2D eigenvalue weighted by Crippen LogP contribution is 2.20. The lowest BCUT2D eigenvalue weighted by Crippen LogP contribution is -2.45. The van der Waals surface area contributed by atoms with Gasteiger partial charge in [0.05, 0.1) is 6.10 Å². The van der Waals surface area contributed by atoms with Crippen molar-refractivity contribution in [3.05, 3.63) is 11.1 Å². The van der Waals surface area contributed by atoms with Gasteiger partial charge in [0.15, 0.2) is 5.13 Å². The first kappa shape index (κ1) is 11.3. The molecule has 1 aliphatic heterocycles. The van der Waals surface area contributed by atoms with Crippen molar-refractivity contribution in [1.82, 2.24) is 9.88 Å². The second-order valence-corrected chi connectivity index (χ2v) is 5.05. The summed E-state index contributed by atoms with van der Waals surface area (Å²) in [4.78, 5) is 17.6. The van der Waals surface area contributed by atoms with Crippen LogP contribution in [0, 0.1) is 5.92 Å². The largest absolute Gasteiger partial charge is 0.391 e. The molecule has 88 valence electrons. The van der Waals surface area contributed by atoms with Crippen molar-refractivity contribution in [2.45, 2.75) is 19.4 Å². The van der Waals surface area contributed by atoms with Crippen molar-refractivity contribution in [3.8, 4) is 0 Å². The van der Waals surface area contributed by atoms with Crippen LogP contribution in [0.25, 0.3) is 0 Å². The van der Waals surface area contributed by atoms with Gasteiger partial charge in [-0.2, -0.15) is 0 Å². The van der Waals surface area contributed by atoms with Crippen LogP contribution in [-0.2, 0) is 0 Å². The Labute approximate surface area is 97.9 Å². The molecule has 2 heterocycles. The molecule has 2 rings (SSSR count). The van der Waals surface area contributed by atoms with Crippen LogP contribution in [0.3, 0.4) is 0 Å². The standard InChI is InChI=1S/C10H15N3O2S/c1-6-2-3-13(4-8(6)14)9(15)7-5-16-10(11)12-7/h5-6,8,14H,2-4H2,1H3,(H2,11,12). The second kappa shape index (κ2) is 4.39. The van der Waals surface area contributed by atoms with E-state index in [1.807, 2.05) is 6.92 Å². The molecular formula is C10H15N3O2S. The van der Waals surface area contributed by atoms with Crippen LogP contribution < -0.4 is 5.73 Å². The molecule has 0 spiro atoms. The summed E-state index contributed by atoms with van der Waals surface area (Å²) in [6.07, 6.45) is 0.390. The van der Waals surface area contributed by atoms with E-state index in [1.165, 1.54) is 11.3 Å². The number of aromatic nitrogens is 1. The molecule has 6 heteroatoms. The average molecular weight is 241 g/mol. The number of carbonyl (C=O) groups excluding carboxylic acids is 1. The van der Waals surface area contributed by atoms with Gasteiger partial charge in [-0.15, -0.1) is 11.3 Å². The van der Waals surface area contributed by atoms with Crippen LogP contribution >= 0.6 is 11.3 Å². The normalized spacial score (nSPS) is 25.8. The molecule has 1 aromatic heterocycles. The summed E-state index contributed by atoms with van der Waals surface area (Å²) in [7, 11) is 0. The van der Waals surface area contributed by atoms with Gasteiger partial charge < -0.3 is 15.7 Å². The molecule has 0 saturated carbocycles. The third kappa shape index (κ3) is 2.17. The molecule has 1 aliphatic rings. The zero-order chi connectivity index (χ0) is 11.7. The lowest BCUT2D eigenvalue weighted by Gasteiger charge is -2.33. The maximum Gasteiger partial charge on any atom is 0.273 e. The van der Waals surface area contributed by atoms with Crippen LogP contribution in [-0.4, -0.2) is 40.1 Å². The monoisotopic (exact) mass is 241 g/mol. The Morgan fingerprint density at radius 2 is 2.50 bits per heavy atom. The predicted octanol–water partition coefficient (Wildman–Crippen LogP) is 0.568. The molecule has 1 amide bonds. The first-order chi connectivity index (χ1) is 7.58. The van der Waals surface area contributed by atoms with E-state index in [0.717, 1.165) is 6.42 Å². The lowest BCUT2D eigenvalue weighted by atomic mass is 9.96. The van der Waals surface area contributed by atoms with Gasteiger partial charge >= 0.3 is 0 Å². The molecule has 3 N–H and O–H groups in total. The van der Waals surface area contributed by atoms with E-state index in [1.54, 1.807) is 10.3 Å². The molecule has 0 radical (unpaired) electrons. The van der Waals surface area contributed by atoms with Crippen LogP contribution in [0.4, 0.5) is 5.13 Å². The number of rotatable bonds is 1. The maximum absolute atomic E-state index is 12.0. The quantitative estimate of drug-likeness (QED) is 0.753. The first-order valence-electron chi connectivity index (χ1n) is 5.26. The zero-order valence-corrected chi connectivity index (χ0v) is 9.91. The molecule has 1 saturated heterocycles. The van der Waals surface area contributed by atoms with Crippen molar-refractivity contribution >= 4 is 22.4 Å². The number of nitrogens with zero attached hydrogens (tertiary/aromatic N) is 2. The minimum atomic E-state index is -0.436. The second-order valence-electron chi connectivity index (χ2n) is 4.16. The smallest absolute Gasteiger partial charge is 0.273 e. The number of aliphatic hydroxyl groups excluding tert-OH is 1. The Balaban J connectivity index is 2.06. The molecular weight excluding hydrogens is 226 g/mol. The summed E-state index contributed by atoms with van der Waals surface area (Å²) < 4.78 is 0. The van der Waals surface area contributed by atoms with Gasteiger partial charge in [-0.05, 0) is 12.3 Å². The third-order valence-corrected chi connectivity index (χ3v) is 3.62. The summed E-state index contributed by atoms with van der Waals surface area (Å²) in [6, 6.07) is 0. The van der Waals surface area contributed by atoms with E-state index in [2.05, 4.69) is 4.98 Å². The van der Waals surface area contributed by atoms with Gasteiger partial charge in [-0.3, -0.25) is 4.79 Å². The number of likely N-dealkylation sites (tertiary alicyclic amines) is 1. The fourth-order valence-corrected chi connectivity index (χ4v) is 2.32.